The molecule has 30 heavy (non-hydrogen) atoms. The van der Waals surface area contributed by atoms with Crippen LogP contribution < -0.4 is 16.4 Å². The fourth-order valence-corrected chi connectivity index (χ4v) is 3.21. The summed E-state index contributed by atoms with van der Waals surface area (Å²) in [4.78, 5) is 16.9. The molecule has 152 valence electrons. The van der Waals surface area contributed by atoms with E-state index in [1.54, 1.807) is 0 Å². The number of carbonyl (C=O) groups is 1. The number of nitrogens with zero attached hydrogens (tertiary/aromatic N) is 2. The molecule has 0 bridgehead atoms. The number of nitrogens with one attached hydrogen (secondary N) is 3. The maximum Gasteiger partial charge on any atom is 0.323 e. The molecule has 0 radical (unpaired) electrons. The number of hydrogen-bond donors (Lipinski definition) is 4. The summed E-state index contributed by atoms with van der Waals surface area (Å²) in [6.45, 7) is 6.34. The number of anilines is 3. The van der Waals surface area contributed by atoms with Crippen molar-refractivity contribution in [1.82, 2.24) is 15.2 Å². The summed E-state index contributed by atoms with van der Waals surface area (Å²) < 4.78 is 0. The van der Waals surface area contributed by atoms with E-state index in [1.807, 2.05) is 54.6 Å². The van der Waals surface area contributed by atoms with E-state index >= 15 is 0 Å². The van der Waals surface area contributed by atoms with Gasteiger partial charge in [0.15, 0.2) is 11.5 Å². The Morgan fingerprint density at radius 1 is 0.967 bits per heavy atom. The van der Waals surface area contributed by atoms with Crippen LogP contribution >= 0.6 is 0 Å². The molecule has 0 unspecified atom stereocenters. The highest BCUT2D eigenvalue weighted by Crippen LogP contribution is 2.34. The van der Waals surface area contributed by atoms with Crippen LogP contribution in [0.5, 0.6) is 0 Å². The number of fused-ring (bicyclic) bond motifs is 1. The minimum absolute atomic E-state index is 0.125. The van der Waals surface area contributed by atoms with E-state index in [2.05, 4.69) is 52.7 Å². The summed E-state index contributed by atoms with van der Waals surface area (Å²) in [5.41, 5.74) is 10.9. The van der Waals surface area contributed by atoms with Gasteiger partial charge in [-0.05, 0) is 41.5 Å². The van der Waals surface area contributed by atoms with E-state index in [0.717, 1.165) is 27.9 Å². The summed E-state index contributed by atoms with van der Waals surface area (Å²) in [7, 11) is 0. The third-order valence-electron chi connectivity index (χ3n) is 4.81. The van der Waals surface area contributed by atoms with Gasteiger partial charge in [0.2, 0.25) is 0 Å². The van der Waals surface area contributed by atoms with Gasteiger partial charge in [0.25, 0.3) is 0 Å². The zero-order valence-corrected chi connectivity index (χ0v) is 17.2. The number of hydrogen-bond acceptors (Lipinski definition) is 4. The van der Waals surface area contributed by atoms with Crippen molar-refractivity contribution in [2.45, 2.75) is 26.2 Å². The second-order valence-corrected chi connectivity index (χ2v) is 8.16. The second-order valence-electron chi connectivity index (χ2n) is 8.16. The zero-order valence-electron chi connectivity index (χ0n) is 17.2. The van der Waals surface area contributed by atoms with Crippen molar-refractivity contribution in [3.8, 4) is 11.1 Å². The van der Waals surface area contributed by atoms with E-state index in [9.17, 15) is 4.79 Å². The van der Waals surface area contributed by atoms with Gasteiger partial charge in [-0.15, -0.1) is 0 Å². The SMILES string of the molecule is CC(C)(C)c1cc(-c2ccc(NC(=O)Nc3ccccc3)cc2)c2c(N)n[nH]c2n1. The van der Waals surface area contributed by atoms with Gasteiger partial charge in [-0.25, -0.2) is 9.78 Å². The normalized spacial score (nSPS) is 11.4. The number of pyridine rings is 1. The van der Waals surface area contributed by atoms with E-state index in [1.165, 1.54) is 0 Å². The second kappa shape index (κ2) is 7.51. The third kappa shape index (κ3) is 3.96. The van der Waals surface area contributed by atoms with Crippen molar-refractivity contribution in [3.63, 3.8) is 0 Å². The first kappa shape index (κ1) is 19.4. The van der Waals surface area contributed by atoms with Crippen molar-refractivity contribution in [1.29, 1.82) is 0 Å². The molecule has 2 aromatic carbocycles. The Hall–Kier alpha value is -3.87. The smallest absolute Gasteiger partial charge is 0.323 e. The zero-order chi connectivity index (χ0) is 21.3. The Morgan fingerprint density at radius 2 is 1.60 bits per heavy atom. The molecule has 0 atom stereocenters. The number of nitrogens with two attached hydrogens (primary N) is 1. The van der Waals surface area contributed by atoms with Crippen molar-refractivity contribution >= 4 is 34.3 Å². The number of rotatable bonds is 3. The number of para-hydroxylation sites is 1. The molecular weight excluding hydrogens is 376 g/mol. The number of nitrogen functional groups attached to an aromatic ring is 1. The number of benzene rings is 2. The van der Waals surface area contributed by atoms with Gasteiger partial charge < -0.3 is 16.4 Å². The Kier molecular flexibility index (Phi) is 4.87. The summed E-state index contributed by atoms with van der Waals surface area (Å²) >= 11 is 0. The molecule has 4 aromatic rings. The Labute approximate surface area is 174 Å². The van der Waals surface area contributed by atoms with E-state index in [-0.39, 0.29) is 11.4 Å². The summed E-state index contributed by atoms with van der Waals surface area (Å²) in [5.74, 6) is 0.414. The van der Waals surface area contributed by atoms with E-state index in [4.69, 9.17) is 5.73 Å². The Bertz CT molecular complexity index is 1190. The van der Waals surface area contributed by atoms with Crippen LogP contribution in [0.15, 0.2) is 60.7 Å². The molecule has 5 N–H and O–H groups in total. The first-order valence-electron chi connectivity index (χ1n) is 9.70. The van der Waals surface area contributed by atoms with Gasteiger partial charge in [-0.2, -0.15) is 5.10 Å². The summed E-state index contributed by atoms with van der Waals surface area (Å²) in [6, 6.07) is 18.7. The molecule has 7 nitrogen and oxygen atoms in total. The topological polar surface area (TPSA) is 109 Å². The number of aromatic nitrogens is 3. The highest BCUT2D eigenvalue weighted by atomic mass is 16.2. The van der Waals surface area contributed by atoms with E-state index < -0.39 is 0 Å². The molecule has 0 aliphatic heterocycles. The molecule has 0 aliphatic rings. The lowest BCUT2D eigenvalue weighted by molar-refractivity contribution is 0.262. The minimum Gasteiger partial charge on any atom is -0.382 e. The molecule has 2 amide bonds. The van der Waals surface area contributed by atoms with Crippen LogP contribution in [-0.4, -0.2) is 21.2 Å². The van der Waals surface area contributed by atoms with Crippen molar-refractivity contribution in [3.05, 3.63) is 66.4 Å². The first-order chi connectivity index (χ1) is 14.3. The maximum absolute atomic E-state index is 12.2. The van der Waals surface area contributed by atoms with Gasteiger partial charge in [-0.1, -0.05) is 51.1 Å². The summed E-state index contributed by atoms with van der Waals surface area (Å²) in [6.07, 6.45) is 0. The number of carbonyl (C=O) groups excluding carboxylic acids is 1. The number of urea groups is 1. The van der Waals surface area contributed by atoms with Crippen molar-refractivity contribution < 1.29 is 4.79 Å². The minimum atomic E-state index is -0.297. The average molecular weight is 400 g/mol. The molecule has 0 fully saturated rings. The van der Waals surface area contributed by atoms with Gasteiger partial charge >= 0.3 is 6.03 Å². The monoisotopic (exact) mass is 400 g/mol. The van der Waals surface area contributed by atoms with Crippen LogP contribution in [0.1, 0.15) is 26.5 Å². The molecular formula is C23H24N6O. The predicted molar refractivity (Wildman–Crippen MR) is 122 cm³/mol. The predicted octanol–water partition coefficient (Wildman–Crippen LogP) is 5.15. The quantitative estimate of drug-likeness (QED) is 0.381. The van der Waals surface area contributed by atoms with Crippen LogP contribution in [0.3, 0.4) is 0 Å². The van der Waals surface area contributed by atoms with Crippen LogP contribution in [0, 0.1) is 0 Å². The average Bonchev–Trinajstić information content (AvgIpc) is 3.09. The van der Waals surface area contributed by atoms with Gasteiger partial charge in [0.05, 0.1) is 5.39 Å². The molecule has 0 saturated carbocycles. The largest absolute Gasteiger partial charge is 0.382 e. The lowest BCUT2D eigenvalue weighted by Crippen LogP contribution is -2.19. The van der Waals surface area contributed by atoms with Gasteiger partial charge in [0.1, 0.15) is 0 Å². The van der Waals surface area contributed by atoms with Gasteiger partial charge in [-0.3, -0.25) is 5.10 Å². The summed E-state index contributed by atoms with van der Waals surface area (Å²) in [5, 5.41) is 13.5. The maximum atomic E-state index is 12.2. The lowest BCUT2D eigenvalue weighted by Gasteiger charge is -2.19. The Balaban J connectivity index is 1.62. The van der Waals surface area contributed by atoms with Crippen molar-refractivity contribution in [2.24, 2.45) is 0 Å². The molecule has 2 aromatic heterocycles. The highest BCUT2D eigenvalue weighted by Gasteiger charge is 2.20. The number of H-pyrrole nitrogens is 1. The van der Waals surface area contributed by atoms with Crippen LogP contribution in [0.25, 0.3) is 22.2 Å². The first-order valence-corrected chi connectivity index (χ1v) is 9.70. The van der Waals surface area contributed by atoms with E-state index in [0.29, 0.717) is 17.2 Å². The number of aromatic amines is 1. The highest BCUT2D eigenvalue weighted by molar-refractivity contribution is 6.01. The molecule has 0 aliphatic carbocycles. The van der Waals surface area contributed by atoms with Crippen LogP contribution in [-0.2, 0) is 5.41 Å². The molecule has 0 spiro atoms. The fourth-order valence-electron chi connectivity index (χ4n) is 3.21. The molecule has 0 saturated heterocycles. The van der Waals surface area contributed by atoms with Crippen molar-refractivity contribution in [2.75, 3.05) is 16.4 Å². The van der Waals surface area contributed by atoms with Gasteiger partial charge in [0, 0.05) is 22.5 Å². The van der Waals surface area contributed by atoms with Crippen LogP contribution in [0.4, 0.5) is 22.0 Å². The standard InChI is InChI=1S/C23H24N6O/c1-23(2,3)18-13-17(19-20(24)28-29-21(19)27-18)14-9-11-16(12-10-14)26-22(30)25-15-7-5-4-6-8-15/h4-13H,1-3H3,(H2,25,26,30)(H3,24,27,28,29). The molecule has 2 heterocycles. The molecule has 4 rings (SSSR count). The number of amides is 2. The van der Waals surface area contributed by atoms with Crippen LogP contribution in [0.2, 0.25) is 0 Å². The molecule has 7 heteroatoms. The third-order valence-corrected chi connectivity index (χ3v) is 4.81. The Morgan fingerprint density at radius 3 is 2.23 bits per heavy atom. The lowest BCUT2D eigenvalue weighted by atomic mass is 9.89. The fraction of sp³-hybridized carbons (Fsp3) is 0.174.